The van der Waals surface area contributed by atoms with E-state index in [4.69, 9.17) is 11.6 Å². The SMILES string of the molecule is CS(=O)(=O)N(CC(=O)NCc1cccnc1)Cc1ccccc1Cl. The van der Waals surface area contributed by atoms with Crippen molar-refractivity contribution < 1.29 is 13.2 Å². The van der Waals surface area contributed by atoms with E-state index in [0.717, 1.165) is 16.1 Å². The zero-order valence-corrected chi connectivity index (χ0v) is 14.7. The van der Waals surface area contributed by atoms with Gasteiger partial charge < -0.3 is 5.32 Å². The second-order valence-corrected chi connectivity index (χ2v) is 7.65. The molecule has 128 valence electrons. The summed E-state index contributed by atoms with van der Waals surface area (Å²) in [6.45, 7) is 0.0551. The van der Waals surface area contributed by atoms with Crippen molar-refractivity contribution in [3.05, 3.63) is 64.9 Å². The third-order valence-electron chi connectivity index (χ3n) is 3.31. The molecule has 0 unspecified atom stereocenters. The lowest BCUT2D eigenvalue weighted by atomic mass is 10.2. The quantitative estimate of drug-likeness (QED) is 0.809. The Morgan fingerprint density at radius 3 is 2.62 bits per heavy atom. The molecule has 0 aliphatic carbocycles. The summed E-state index contributed by atoms with van der Waals surface area (Å²) in [6.07, 6.45) is 4.34. The molecule has 0 aliphatic rings. The normalized spacial score (nSPS) is 11.5. The highest BCUT2D eigenvalue weighted by Gasteiger charge is 2.21. The van der Waals surface area contributed by atoms with Crippen LogP contribution in [0.5, 0.6) is 0 Å². The van der Waals surface area contributed by atoms with Crippen molar-refractivity contribution in [2.24, 2.45) is 0 Å². The van der Waals surface area contributed by atoms with Crippen LogP contribution in [-0.2, 0) is 27.9 Å². The fraction of sp³-hybridized carbons (Fsp3) is 0.250. The maximum absolute atomic E-state index is 12.1. The van der Waals surface area contributed by atoms with Crippen LogP contribution in [0, 0.1) is 0 Å². The molecule has 1 aromatic heterocycles. The number of nitrogens with zero attached hydrogens (tertiary/aromatic N) is 2. The molecule has 0 saturated carbocycles. The number of hydrogen-bond donors (Lipinski definition) is 1. The molecular weight excluding hydrogens is 350 g/mol. The number of carbonyl (C=O) groups is 1. The number of carbonyl (C=O) groups excluding carboxylic acids is 1. The second-order valence-electron chi connectivity index (χ2n) is 5.26. The van der Waals surface area contributed by atoms with E-state index in [1.165, 1.54) is 0 Å². The standard InChI is InChI=1S/C16H18ClN3O3S/c1-24(22,23)20(11-14-6-2-3-7-15(14)17)12-16(21)19-10-13-5-4-8-18-9-13/h2-9H,10-12H2,1H3,(H,19,21). The van der Waals surface area contributed by atoms with Crippen LogP contribution in [0.3, 0.4) is 0 Å². The van der Waals surface area contributed by atoms with Gasteiger partial charge >= 0.3 is 0 Å². The minimum absolute atomic E-state index is 0.0405. The number of halogens is 1. The van der Waals surface area contributed by atoms with E-state index in [2.05, 4.69) is 10.3 Å². The van der Waals surface area contributed by atoms with E-state index in [9.17, 15) is 13.2 Å². The molecule has 0 atom stereocenters. The Hall–Kier alpha value is -1.96. The molecule has 1 aromatic carbocycles. The fourth-order valence-corrected chi connectivity index (χ4v) is 2.95. The topological polar surface area (TPSA) is 79.4 Å². The zero-order chi connectivity index (χ0) is 17.6. The van der Waals surface area contributed by atoms with Gasteiger partial charge in [-0.05, 0) is 23.3 Å². The molecule has 1 amide bonds. The van der Waals surface area contributed by atoms with Gasteiger partial charge in [0.25, 0.3) is 0 Å². The van der Waals surface area contributed by atoms with Gasteiger partial charge in [0.2, 0.25) is 15.9 Å². The lowest BCUT2D eigenvalue weighted by Crippen LogP contribution is -2.39. The minimum atomic E-state index is -3.56. The van der Waals surface area contributed by atoms with E-state index < -0.39 is 15.9 Å². The summed E-state index contributed by atoms with van der Waals surface area (Å²) in [5, 5.41) is 3.14. The Balaban J connectivity index is 2.01. The third kappa shape index (κ3) is 5.59. The molecule has 0 bridgehead atoms. The van der Waals surface area contributed by atoms with E-state index in [-0.39, 0.29) is 19.6 Å². The highest BCUT2D eigenvalue weighted by molar-refractivity contribution is 7.88. The van der Waals surface area contributed by atoms with Crippen molar-refractivity contribution in [2.45, 2.75) is 13.1 Å². The predicted molar refractivity (Wildman–Crippen MR) is 92.8 cm³/mol. The molecule has 0 spiro atoms. The first-order chi connectivity index (χ1) is 11.4. The highest BCUT2D eigenvalue weighted by atomic mass is 35.5. The lowest BCUT2D eigenvalue weighted by Gasteiger charge is -2.20. The number of amides is 1. The van der Waals surface area contributed by atoms with E-state index >= 15 is 0 Å². The van der Waals surface area contributed by atoms with E-state index in [1.807, 2.05) is 6.07 Å². The summed E-state index contributed by atoms with van der Waals surface area (Å²) >= 11 is 6.07. The molecule has 2 rings (SSSR count). The van der Waals surface area contributed by atoms with Crippen LogP contribution in [0.15, 0.2) is 48.8 Å². The van der Waals surface area contributed by atoms with Crippen molar-refractivity contribution in [2.75, 3.05) is 12.8 Å². The first-order valence-electron chi connectivity index (χ1n) is 7.20. The van der Waals surface area contributed by atoms with Crippen LogP contribution in [0.4, 0.5) is 0 Å². The minimum Gasteiger partial charge on any atom is -0.351 e. The number of nitrogens with one attached hydrogen (secondary N) is 1. The number of aromatic nitrogens is 1. The number of benzene rings is 1. The van der Waals surface area contributed by atoms with Gasteiger partial charge in [0.1, 0.15) is 0 Å². The largest absolute Gasteiger partial charge is 0.351 e. The van der Waals surface area contributed by atoms with Crippen molar-refractivity contribution in [1.29, 1.82) is 0 Å². The first-order valence-corrected chi connectivity index (χ1v) is 9.43. The van der Waals surface area contributed by atoms with Crippen LogP contribution in [-0.4, -0.2) is 36.4 Å². The molecule has 8 heteroatoms. The van der Waals surface area contributed by atoms with E-state index in [0.29, 0.717) is 10.6 Å². The molecule has 24 heavy (non-hydrogen) atoms. The van der Waals surface area contributed by atoms with Gasteiger partial charge in [-0.25, -0.2) is 8.42 Å². The summed E-state index contributed by atoms with van der Waals surface area (Å²) in [5.41, 5.74) is 1.48. The van der Waals surface area contributed by atoms with Gasteiger partial charge in [0.05, 0.1) is 12.8 Å². The Labute approximate surface area is 146 Å². The van der Waals surface area contributed by atoms with Crippen molar-refractivity contribution in [3.8, 4) is 0 Å². The van der Waals surface area contributed by atoms with E-state index in [1.54, 1.807) is 42.7 Å². The van der Waals surface area contributed by atoms with Crippen molar-refractivity contribution >= 4 is 27.5 Å². The number of pyridine rings is 1. The highest BCUT2D eigenvalue weighted by Crippen LogP contribution is 2.18. The number of hydrogen-bond acceptors (Lipinski definition) is 4. The van der Waals surface area contributed by atoms with Gasteiger partial charge in [0.15, 0.2) is 0 Å². The fourth-order valence-electron chi connectivity index (χ4n) is 2.03. The molecule has 2 aromatic rings. The molecule has 0 aliphatic heterocycles. The van der Waals surface area contributed by atoms with Crippen LogP contribution >= 0.6 is 11.6 Å². The lowest BCUT2D eigenvalue weighted by molar-refractivity contribution is -0.121. The van der Waals surface area contributed by atoms with Gasteiger partial charge in [-0.2, -0.15) is 4.31 Å². The monoisotopic (exact) mass is 367 g/mol. The van der Waals surface area contributed by atoms with Gasteiger partial charge in [-0.15, -0.1) is 0 Å². The van der Waals surface area contributed by atoms with Crippen LogP contribution in [0.2, 0.25) is 5.02 Å². The molecule has 0 radical (unpaired) electrons. The summed E-state index contributed by atoms with van der Waals surface area (Å²) < 4.78 is 25.0. The molecule has 6 nitrogen and oxygen atoms in total. The van der Waals surface area contributed by atoms with Crippen LogP contribution < -0.4 is 5.32 Å². The van der Waals surface area contributed by atoms with Crippen molar-refractivity contribution in [3.63, 3.8) is 0 Å². The molecule has 0 saturated heterocycles. The number of sulfonamides is 1. The maximum atomic E-state index is 12.1. The first kappa shape index (κ1) is 18.4. The van der Waals surface area contributed by atoms with Crippen LogP contribution in [0.1, 0.15) is 11.1 Å². The molecule has 0 fully saturated rings. The second kappa shape index (κ2) is 8.23. The Kier molecular flexibility index (Phi) is 6.30. The van der Waals surface area contributed by atoms with Crippen LogP contribution in [0.25, 0.3) is 0 Å². The maximum Gasteiger partial charge on any atom is 0.235 e. The average molecular weight is 368 g/mol. The number of rotatable bonds is 7. The predicted octanol–water partition coefficient (Wildman–Crippen LogP) is 1.81. The average Bonchev–Trinajstić information content (AvgIpc) is 2.54. The van der Waals surface area contributed by atoms with Crippen molar-refractivity contribution in [1.82, 2.24) is 14.6 Å². The Bertz CT molecular complexity index is 797. The summed E-state index contributed by atoms with van der Waals surface area (Å²) in [6, 6.07) is 10.5. The summed E-state index contributed by atoms with van der Waals surface area (Å²) in [4.78, 5) is 16.0. The zero-order valence-electron chi connectivity index (χ0n) is 13.1. The molecular formula is C16H18ClN3O3S. The smallest absolute Gasteiger partial charge is 0.235 e. The van der Waals surface area contributed by atoms with Gasteiger partial charge in [0, 0.05) is 30.5 Å². The molecule has 1 heterocycles. The van der Waals surface area contributed by atoms with Gasteiger partial charge in [-0.1, -0.05) is 35.9 Å². The van der Waals surface area contributed by atoms with Gasteiger partial charge in [-0.3, -0.25) is 9.78 Å². The summed E-state index contributed by atoms with van der Waals surface area (Å²) in [5.74, 6) is -0.392. The Morgan fingerprint density at radius 1 is 1.25 bits per heavy atom. The summed E-state index contributed by atoms with van der Waals surface area (Å²) in [7, 11) is -3.56. The molecule has 1 N–H and O–H groups in total. The Morgan fingerprint density at radius 2 is 2.00 bits per heavy atom. The third-order valence-corrected chi connectivity index (χ3v) is 4.87.